The molecule has 0 aromatic rings. The predicted molar refractivity (Wildman–Crippen MR) is 93.9 cm³/mol. The summed E-state index contributed by atoms with van der Waals surface area (Å²) in [6.45, 7) is 7.32. The van der Waals surface area contributed by atoms with Crippen LogP contribution in [0.25, 0.3) is 0 Å². The van der Waals surface area contributed by atoms with Crippen LogP contribution in [0.1, 0.15) is 27.7 Å². The van der Waals surface area contributed by atoms with Crippen molar-refractivity contribution in [3.8, 4) is 12.3 Å². The van der Waals surface area contributed by atoms with Crippen molar-refractivity contribution in [1.82, 2.24) is 0 Å². The van der Waals surface area contributed by atoms with Crippen LogP contribution in [0.5, 0.6) is 0 Å². The first-order valence-corrected chi connectivity index (χ1v) is 12.0. The average Bonchev–Trinajstić information content (AvgIpc) is 2.39. The highest BCUT2D eigenvalue weighted by Gasteiger charge is 2.46. The van der Waals surface area contributed by atoms with Crippen molar-refractivity contribution in [2.75, 3.05) is 38.4 Å². The number of rotatable bonds is 11. The molecule has 1 unspecified atom stereocenters. The molecule has 0 N–H and O–H groups in total. The van der Waals surface area contributed by atoms with E-state index in [0.29, 0.717) is 0 Å². The molecule has 0 fully saturated rings. The van der Waals surface area contributed by atoms with Gasteiger partial charge in [-0.05, 0) is 34.0 Å². The van der Waals surface area contributed by atoms with Gasteiger partial charge in [-0.3, -0.25) is 9.13 Å². The molecular weight excluding hydrogens is 346 g/mol. The molecule has 0 saturated heterocycles. The normalized spacial score (nSPS) is 13.6. The first-order valence-electron chi connectivity index (χ1n) is 7.07. The van der Waals surface area contributed by atoms with Crippen LogP contribution in [0.4, 0.5) is 0 Å². The van der Waals surface area contributed by atoms with Gasteiger partial charge in [-0.15, -0.1) is 6.42 Å². The summed E-state index contributed by atoms with van der Waals surface area (Å²) < 4.78 is 47.7. The van der Waals surface area contributed by atoms with Crippen LogP contribution in [0.3, 0.4) is 0 Å². The van der Waals surface area contributed by atoms with Crippen LogP contribution in [0, 0.1) is 12.3 Å². The maximum Gasteiger partial charge on any atom is 0.375 e. The van der Waals surface area contributed by atoms with Crippen LogP contribution in [-0.4, -0.2) is 42.8 Å². The van der Waals surface area contributed by atoms with E-state index in [2.05, 4.69) is 5.92 Å². The number of terminal acetylenes is 1. The third-order valence-electron chi connectivity index (χ3n) is 2.28. The van der Waals surface area contributed by atoms with Gasteiger partial charge in [-0.1, -0.05) is 5.92 Å². The molecule has 0 aliphatic carbocycles. The molecule has 0 bridgehead atoms. The van der Waals surface area contributed by atoms with Gasteiger partial charge in [0, 0.05) is 0 Å². The molecule has 0 aromatic heterocycles. The summed E-state index contributed by atoms with van der Waals surface area (Å²) >= 11 is 0. The lowest BCUT2D eigenvalue weighted by Gasteiger charge is -2.27. The molecule has 6 nitrogen and oxygen atoms in total. The third kappa shape index (κ3) is 5.94. The van der Waals surface area contributed by atoms with Crippen molar-refractivity contribution in [3.05, 3.63) is 0 Å². The summed E-state index contributed by atoms with van der Waals surface area (Å²) in [7, 11) is -8.35. The summed E-state index contributed by atoms with van der Waals surface area (Å²) in [5.74, 6) is 2.74. The van der Waals surface area contributed by atoms with Crippen molar-refractivity contribution in [3.63, 3.8) is 0 Å². The zero-order valence-corrected chi connectivity index (χ0v) is 16.5. The number of hydrogen-bond acceptors (Lipinski definition) is 6. The fourth-order valence-corrected chi connectivity index (χ4v) is 9.99. The van der Waals surface area contributed by atoms with Gasteiger partial charge in [0.15, 0.2) is 4.35 Å². The lowest BCUT2D eigenvalue weighted by atomic mass is 10.8. The topological polar surface area (TPSA) is 71.1 Å². The van der Waals surface area contributed by atoms with E-state index in [1.165, 1.54) is 0 Å². The van der Waals surface area contributed by atoms with E-state index in [9.17, 15) is 9.13 Å². The van der Waals surface area contributed by atoms with Crippen molar-refractivity contribution < 1.29 is 27.2 Å². The average molecular weight is 372 g/mol. The summed E-state index contributed by atoms with van der Waals surface area (Å²) in [6.07, 6.45) is 7.09. The Kier molecular flexibility index (Phi) is 10.8. The van der Waals surface area contributed by atoms with Gasteiger partial charge in [0.2, 0.25) is 0 Å². The Bertz CT molecular complexity index is 459. The molecule has 0 aliphatic heterocycles. The van der Waals surface area contributed by atoms with E-state index >= 15 is 0 Å². The van der Waals surface area contributed by atoms with Gasteiger partial charge >= 0.3 is 15.2 Å². The third-order valence-corrected chi connectivity index (χ3v) is 11.5. The quantitative estimate of drug-likeness (QED) is 0.308. The van der Waals surface area contributed by atoms with Gasteiger partial charge in [-0.25, -0.2) is 0 Å². The molecule has 0 heterocycles. The van der Waals surface area contributed by atoms with E-state index in [1.807, 2.05) is 0 Å². The van der Waals surface area contributed by atoms with Crippen molar-refractivity contribution in [1.29, 1.82) is 0 Å². The van der Waals surface area contributed by atoms with Gasteiger partial charge in [0.25, 0.3) is 0 Å². The highest BCUT2D eigenvalue weighted by molar-refractivity contribution is 8.32. The molecule has 22 heavy (non-hydrogen) atoms. The molecule has 0 radical (unpaired) electrons. The zero-order valence-electron chi connectivity index (χ0n) is 13.9. The van der Waals surface area contributed by atoms with Crippen LogP contribution < -0.4 is 0 Å². The minimum atomic E-state index is -3.78. The van der Waals surface area contributed by atoms with E-state index < -0.39 is 25.7 Å². The highest BCUT2D eigenvalue weighted by atomic mass is 32.2. The molecule has 0 amide bonds. The SMILES string of the molecule is C#CCS(C)=C(P(=O)(OCC)OCC)P(=O)(OCC)OCC. The summed E-state index contributed by atoms with van der Waals surface area (Å²) in [4.78, 5) is 0. The zero-order chi connectivity index (χ0) is 17.2. The van der Waals surface area contributed by atoms with Crippen LogP contribution >= 0.6 is 25.7 Å². The largest absolute Gasteiger partial charge is 0.375 e. The second-order valence-corrected chi connectivity index (χ2v) is 10.8. The monoisotopic (exact) mass is 372 g/mol. The second kappa shape index (κ2) is 10.8. The minimum absolute atomic E-state index is 0.0327. The van der Waals surface area contributed by atoms with E-state index in [-0.39, 0.29) is 36.5 Å². The molecule has 0 saturated carbocycles. The smallest absolute Gasteiger partial charge is 0.305 e. The first-order chi connectivity index (χ1) is 10.3. The minimum Gasteiger partial charge on any atom is -0.305 e. The Labute approximate surface area is 136 Å². The van der Waals surface area contributed by atoms with Crippen molar-refractivity contribution in [2.24, 2.45) is 0 Å². The highest BCUT2D eigenvalue weighted by Crippen LogP contribution is 2.68. The van der Waals surface area contributed by atoms with Gasteiger partial charge in [-0.2, -0.15) is 10.5 Å². The van der Waals surface area contributed by atoms with E-state index in [4.69, 9.17) is 24.5 Å². The first kappa shape index (κ1) is 22.1. The lowest BCUT2D eigenvalue weighted by Crippen LogP contribution is -2.13. The Morgan fingerprint density at radius 3 is 1.45 bits per heavy atom. The molecule has 0 aromatic carbocycles. The maximum absolute atomic E-state index is 13.2. The Morgan fingerprint density at radius 2 is 1.23 bits per heavy atom. The summed E-state index contributed by atoms with van der Waals surface area (Å²) in [5, 5.41) is 0. The molecule has 0 spiro atoms. The Morgan fingerprint density at radius 1 is 0.909 bits per heavy atom. The fraction of sp³-hybridized carbons (Fsp3) is 0.769. The van der Waals surface area contributed by atoms with Crippen LogP contribution in [-0.2, 0) is 27.2 Å². The Hall–Kier alpha value is 0.0800. The molecular formula is C13H26O6P2S. The number of hydrogen-bond donors (Lipinski definition) is 0. The van der Waals surface area contributed by atoms with Crippen molar-refractivity contribution >= 4 is 30.0 Å². The van der Waals surface area contributed by atoms with Crippen LogP contribution in [0.15, 0.2) is 0 Å². The molecule has 130 valence electrons. The maximum atomic E-state index is 13.2. The fourth-order valence-electron chi connectivity index (χ4n) is 1.70. The van der Waals surface area contributed by atoms with E-state index in [0.717, 1.165) is 0 Å². The molecule has 9 heteroatoms. The summed E-state index contributed by atoms with van der Waals surface area (Å²) in [5.41, 5.74) is 0. The summed E-state index contributed by atoms with van der Waals surface area (Å²) in [6, 6.07) is 0. The molecule has 0 aliphatic rings. The Balaban J connectivity index is 6.25. The molecule has 0 rings (SSSR count). The second-order valence-electron chi connectivity index (χ2n) is 3.93. The lowest BCUT2D eigenvalue weighted by molar-refractivity contribution is 0.225. The van der Waals surface area contributed by atoms with E-state index in [1.54, 1.807) is 34.0 Å². The van der Waals surface area contributed by atoms with Gasteiger partial charge in [0.1, 0.15) is 0 Å². The standard InChI is InChI=1S/C13H26O6P2S/c1-7-12-22(6)13(20(14,16-8-2)17-9-3)21(15,18-10-4)19-11-5/h1H,8-12H2,2-6H3. The predicted octanol–water partition coefficient (Wildman–Crippen LogP) is 4.14. The molecule has 1 atom stereocenters. The van der Waals surface area contributed by atoms with Gasteiger partial charge < -0.3 is 18.1 Å². The van der Waals surface area contributed by atoms with Crippen LogP contribution in [0.2, 0.25) is 0 Å². The van der Waals surface area contributed by atoms with Gasteiger partial charge in [0.05, 0.1) is 32.2 Å². The van der Waals surface area contributed by atoms with Crippen molar-refractivity contribution in [2.45, 2.75) is 27.7 Å².